The van der Waals surface area contributed by atoms with Crippen LogP contribution in [0.3, 0.4) is 0 Å². The van der Waals surface area contributed by atoms with Gasteiger partial charge in [-0.25, -0.2) is 5.43 Å². The number of nitrogens with two attached hydrogens (primary N) is 3. The summed E-state index contributed by atoms with van der Waals surface area (Å²) < 4.78 is 0. The van der Waals surface area contributed by atoms with E-state index in [-0.39, 0.29) is 11.8 Å². The topological polar surface area (TPSA) is 119 Å². The molecule has 0 atom stereocenters. The van der Waals surface area contributed by atoms with Gasteiger partial charge in [0.15, 0.2) is 11.6 Å². The molecular weight excluding hydrogens is 182 g/mol. The summed E-state index contributed by atoms with van der Waals surface area (Å²) in [5, 5.41) is 1.73. The second-order valence-corrected chi connectivity index (χ2v) is 2.67. The van der Waals surface area contributed by atoms with Gasteiger partial charge in [0.2, 0.25) is 5.95 Å². The van der Waals surface area contributed by atoms with E-state index in [1.807, 2.05) is 6.92 Å². The molecule has 0 bridgehead atoms. The molecule has 7 heteroatoms. The number of nitrogens with one attached hydrogen (secondary N) is 1. The second kappa shape index (κ2) is 3.97. The van der Waals surface area contributed by atoms with Crippen LogP contribution in [0.15, 0.2) is 0 Å². The lowest BCUT2D eigenvalue weighted by atomic mass is 10.4. The summed E-state index contributed by atoms with van der Waals surface area (Å²) in [7, 11) is 1.76. The number of rotatable bonds is 3. The summed E-state index contributed by atoms with van der Waals surface area (Å²) >= 11 is 0. The molecule has 0 saturated heterocycles. The first-order valence-electron chi connectivity index (χ1n) is 4.23. The van der Waals surface area contributed by atoms with Crippen molar-refractivity contribution >= 4 is 23.3 Å². The molecule has 0 spiro atoms. The van der Waals surface area contributed by atoms with E-state index in [9.17, 15) is 0 Å². The molecule has 0 amide bonds. The molecule has 0 aliphatic carbocycles. The van der Waals surface area contributed by atoms with Gasteiger partial charge in [0.05, 0.1) is 0 Å². The van der Waals surface area contributed by atoms with Gasteiger partial charge >= 0.3 is 0 Å². The molecule has 7 N–H and O–H groups in total. The van der Waals surface area contributed by atoms with Gasteiger partial charge in [0, 0.05) is 13.6 Å². The molecule has 0 fully saturated rings. The minimum Gasteiger partial charge on any atom is -0.393 e. The Morgan fingerprint density at radius 1 is 1.29 bits per heavy atom. The average molecular weight is 197 g/mol. The Kier molecular flexibility index (Phi) is 2.92. The highest BCUT2D eigenvalue weighted by molar-refractivity contribution is 5.74. The van der Waals surface area contributed by atoms with Crippen molar-refractivity contribution < 1.29 is 0 Å². The number of nitrogens with zero attached hydrogens (tertiary/aromatic N) is 3. The van der Waals surface area contributed by atoms with Crippen molar-refractivity contribution in [1.82, 2.24) is 15.4 Å². The first kappa shape index (κ1) is 10.3. The highest BCUT2D eigenvalue weighted by Gasteiger charge is 2.12. The lowest BCUT2D eigenvalue weighted by Crippen LogP contribution is -2.36. The zero-order valence-corrected chi connectivity index (χ0v) is 8.28. The van der Waals surface area contributed by atoms with Crippen molar-refractivity contribution in [3.63, 3.8) is 0 Å². The van der Waals surface area contributed by atoms with Gasteiger partial charge in [0.1, 0.15) is 5.69 Å². The molecule has 0 unspecified atom stereocenters. The van der Waals surface area contributed by atoms with E-state index >= 15 is 0 Å². The van der Waals surface area contributed by atoms with Crippen LogP contribution in [0.1, 0.15) is 6.92 Å². The molecule has 7 nitrogen and oxygen atoms in total. The smallest absolute Gasteiger partial charge is 0.224 e. The number of hydrogen-bond acceptors (Lipinski definition) is 7. The Morgan fingerprint density at radius 2 is 1.93 bits per heavy atom. The van der Waals surface area contributed by atoms with Crippen LogP contribution in [-0.2, 0) is 0 Å². The predicted molar refractivity (Wildman–Crippen MR) is 57.3 cm³/mol. The van der Waals surface area contributed by atoms with Crippen LogP contribution in [0.2, 0.25) is 0 Å². The first-order valence-corrected chi connectivity index (χ1v) is 4.23. The van der Waals surface area contributed by atoms with Crippen LogP contribution >= 0.6 is 0 Å². The Bertz CT molecular complexity index is 320. The van der Waals surface area contributed by atoms with E-state index in [0.29, 0.717) is 18.1 Å². The molecule has 0 radical (unpaired) electrons. The van der Waals surface area contributed by atoms with E-state index < -0.39 is 0 Å². The zero-order valence-electron chi connectivity index (χ0n) is 8.28. The molecule has 78 valence electrons. The van der Waals surface area contributed by atoms with Crippen molar-refractivity contribution in [2.24, 2.45) is 0 Å². The minimum absolute atomic E-state index is 0.111. The standard InChI is InChI=1S/C7H15N7/c1-3-14(11-2)6-4(8)5(9)12-7(10)13-6/h11H,3,8H2,1-2H3,(H4,9,10,12,13). The van der Waals surface area contributed by atoms with Crippen LogP contribution in [0, 0.1) is 0 Å². The van der Waals surface area contributed by atoms with Crippen molar-refractivity contribution in [3.05, 3.63) is 0 Å². The van der Waals surface area contributed by atoms with E-state index in [1.165, 1.54) is 0 Å². The Hall–Kier alpha value is -1.76. The largest absolute Gasteiger partial charge is 0.393 e. The number of hydrogen-bond donors (Lipinski definition) is 4. The molecule has 0 aromatic carbocycles. The number of hydrazine groups is 1. The van der Waals surface area contributed by atoms with Crippen molar-refractivity contribution in [2.75, 3.05) is 35.8 Å². The maximum Gasteiger partial charge on any atom is 0.224 e. The predicted octanol–water partition coefficient (Wildman–Crippen LogP) is -0.816. The highest BCUT2D eigenvalue weighted by atomic mass is 15.5. The monoisotopic (exact) mass is 197 g/mol. The second-order valence-electron chi connectivity index (χ2n) is 2.67. The van der Waals surface area contributed by atoms with Gasteiger partial charge in [-0.3, -0.25) is 5.01 Å². The summed E-state index contributed by atoms with van der Waals surface area (Å²) in [6, 6.07) is 0. The molecule has 0 saturated carbocycles. The Morgan fingerprint density at radius 3 is 2.43 bits per heavy atom. The van der Waals surface area contributed by atoms with Crippen LogP contribution in [0.5, 0.6) is 0 Å². The van der Waals surface area contributed by atoms with Crippen LogP contribution in [-0.4, -0.2) is 23.6 Å². The summed E-state index contributed by atoms with van der Waals surface area (Å²) in [5.74, 6) is 0.807. The Balaban J connectivity index is 3.18. The molecular formula is C7H15N7. The fourth-order valence-electron chi connectivity index (χ4n) is 1.11. The van der Waals surface area contributed by atoms with Crippen molar-refractivity contribution in [3.8, 4) is 0 Å². The third-order valence-corrected chi connectivity index (χ3v) is 1.81. The number of anilines is 4. The van der Waals surface area contributed by atoms with Gasteiger partial charge < -0.3 is 17.2 Å². The van der Waals surface area contributed by atoms with Crippen LogP contribution in [0.4, 0.5) is 23.3 Å². The van der Waals surface area contributed by atoms with Crippen molar-refractivity contribution in [1.29, 1.82) is 0 Å². The van der Waals surface area contributed by atoms with Crippen molar-refractivity contribution in [2.45, 2.75) is 6.92 Å². The maximum absolute atomic E-state index is 5.72. The summed E-state index contributed by atoms with van der Waals surface area (Å²) in [6.07, 6.45) is 0. The summed E-state index contributed by atoms with van der Waals surface area (Å²) in [6.45, 7) is 2.64. The average Bonchev–Trinajstić information content (AvgIpc) is 2.15. The van der Waals surface area contributed by atoms with Crippen LogP contribution in [0.25, 0.3) is 0 Å². The highest BCUT2D eigenvalue weighted by Crippen LogP contribution is 2.24. The maximum atomic E-state index is 5.72. The quantitative estimate of drug-likeness (QED) is 0.467. The zero-order chi connectivity index (χ0) is 10.7. The summed E-state index contributed by atoms with van der Waals surface area (Å²) in [5.41, 5.74) is 20.0. The number of nitrogen functional groups attached to an aromatic ring is 3. The van der Waals surface area contributed by atoms with Crippen LogP contribution < -0.4 is 27.6 Å². The molecule has 1 rings (SSSR count). The van der Waals surface area contributed by atoms with E-state index in [4.69, 9.17) is 17.2 Å². The molecule has 0 aliphatic heterocycles. The molecule has 1 aromatic rings. The Labute approximate surface area is 82.3 Å². The van der Waals surface area contributed by atoms with Gasteiger partial charge in [0.25, 0.3) is 0 Å². The molecule has 0 aliphatic rings. The minimum atomic E-state index is 0.111. The van der Waals surface area contributed by atoms with Gasteiger partial charge in [-0.15, -0.1) is 0 Å². The first-order chi connectivity index (χ1) is 6.60. The lowest BCUT2D eigenvalue weighted by molar-refractivity contribution is 0.715. The molecule has 14 heavy (non-hydrogen) atoms. The SMILES string of the molecule is CCN(NC)c1nc(N)nc(N)c1N. The van der Waals surface area contributed by atoms with E-state index in [0.717, 1.165) is 0 Å². The van der Waals surface area contributed by atoms with Gasteiger partial charge in [-0.2, -0.15) is 9.97 Å². The number of aromatic nitrogens is 2. The molecule has 1 heterocycles. The van der Waals surface area contributed by atoms with E-state index in [2.05, 4.69) is 15.4 Å². The third kappa shape index (κ3) is 1.77. The normalized spacial score (nSPS) is 10.1. The fraction of sp³-hybridized carbons (Fsp3) is 0.429. The fourth-order valence-corrected chi connectivity index (χ4v) is 1.11. The summed E-state index contributed by atoms with van der Waals surface area (Å²) in [4.78, 5) is 7.75. The van der Waals surface area contributed by atoms with Gasteiger partial charge in [-0.1, -0.05) is 0 Å². The molecule has 1 aromatic heterocycles. The lowest BCUT2D eigenvalue weighted by Gasteiger charge is -2.22. The van der Waals surface area contributed by atoms with Gasteiger partial charge in [-0.05, 0) is 6.92 Å². The van der Waals surface area contributed by atoms with E-state index in [1.54, 1.807) is 12.1 Å². The third-order valence-electron chi connectivity index (χ3n) is 1.81.